The van der Waals surface area contributed by atoms with E-state index in [-0.39, 0.29) is 12.4 Å². The third-order valence-electron chi connectivity index (χ3n) is 5.43. The summed E-state index contributed by atoms with van der Waals surface area (Å²) in [5.41, 5.74) is 2.79. The molecule has 5 rings (SSSR count). The minimum absolute atomic E-state index is 0.130. The summed E-state index contributed by atoms with van der Waals surface area (Å²) in [6, 6.07) is 18.7. The molecule has 2 heterocycles. The highest BCUT2D eigenvalue weighted by Crippen LogP contribution is 2.33. The molecule has 0 atom stereocenters. The summed E-state index contributed by atoms with van der Waals surface area (Å²) in [6.07, 6.45) is 1.45. The second-order valence-corrected chi connectivity index (χ2v) is 7.84. The molecular formula is C26H20N2O6. The largest absolute Gasteiger partial charge is 0.489 e. The Morgan fingerprint density at radius 1 is 0.941 bits per heavy atom. The van der Waals surface area contributed by atoms with E-state index < -0.39 is 17.8 Å². The highest BCUT2D eigenvalue weighted by molar-refractivity contribution is 6.39. The van der Waals surface area contributed by atoms with Gasteiger partial charge in [-0.25, -0.2) is 9.69 Å². The van der Waals surface area contributed by atoms with E-state index in [1.165, 1.54) is 6.08 Å². The first-order valence-corrected chi connectivity index (χ1v) is 10.6. The van der Waals surface area contributed by atoms with Crippen LogP contribution in [0.25, 0.3) is 6.08 Å². The number of imide groups is 2. The van der Waals surface area contributed by atoms with Crippen molar-refractivity contribution in [3.63, 3.8) is 0 Å². The van der Waals surface area contributed by atoms with Gasteiger partial charge in [0, 0.05) is 0 Å². The molecule has 0 radical (unpaired) electrons. The molecule has 0 bridgehead atoms. The highest BCUT2D eigenvalue weighted by atomic mass is 16.7. The van der Waals surface area contributed by atoms with Gasteiger partial charge in [0.2, 0.25) is 6.79 Å². The van der Waals surface area contributed by atoms with Gasteiger partial charge in [-0.2, -0.15) is 0 Å². The third-order valence-corrected chi connectivity index (χ3v) is 5.43. The van der Waals surface area contributed by atoms with E-state index in [2.05, 4.69) is 5.32 Å². The van der Waals surface area contributed by atoms with Crippen LogP contribution < -0.4 is 24.4 Å². The zero-order valence-electron chi connectivity index (χ0n) is 18.2. The first kappa shape index (κ1) is 21.3. The van der Waals surface area contributed by atoms with Gasteiger partial charge in [-0.15, -0.1) is 0 Å². The number of amides is 4. The fourth-order valence-corrected chi connectivity index (χ4v) is 3.61. The second-order valence-electron chi connectivity index (χ2n) is 7.84. The Morgan fingerprint density at radius 2 is 1.68 bits per heavy atom. The van der Waals surface area contributed by atoms with Crippen LogP contribution in [0.4, 0.5) is 10.5 Å². The molecule has 0 unspecified atom stereocenters. The average molecular weight is 456 g/mol. The lowest BCUT2D eigenvalue weighted by Crippen LogP contribution is -2.54. The van der Waals surface area contributed by atoms with Crippen LogP contribution in [0.3, 0.4) is 0 Å². The van der Waals surface area contributed by atoms with Gasteiger partial charge in [-0.05, 0) is 60.5 Å². The number of carbonyl (C=O) groups is 3. The second kappa shape index (κ2) is 8.74. The summed E-state index contributed by atoms with van der Waals surface area (Å²) < 4.78 is 16.5. The van der Waals surface area contributed by atoms with Crippen LogP contribution in [-0.2, 0) is 16.2 Å². The van der Waals surface area contributed by atoms with Gasteiger partial charge < -0.3 is 14.2 Å². The number of rotatable bonds is 5. The van der Waals surface area contributed by atoms with E-state index in [1.54, 1.807) is 48.5 Å². The molecule has 0 aromatic heterocycles. The molecule has 2 aliphatic rings. The van der Waals surface area contributed by atoms with Gasteiger partial charge in [-0.3, -0.25) is 14.9 Å². The molecule has 1 fully saturated rings. The number of urea groups is 1. The minimum Gasteiger partial charge on any atom is -0.489 e. The molecule has 34 heavy (non-hydrogen) atoms. The van der Waals surface area contributed by atoms with E-state index in [0.717, 1.165) is 16.0 Å². The van der Waals surface area contributed by atoms with Gasteiger partial charge in [0.05, 0.1) is 5.69 Å². The molecule has 8 heteroatoms. The molecular weight excluding hydrogens is 436 g/mol. The molecule has 0 spiro atoms. The Bertz CT molecular complexity index is 1310. The number of hydrogen-bond acceptors (Lipinski definition) is 6. The summed E-state index contributed by atoms with van der Waals surface area (Å²) in [6.45, 7) is 2.46. The first-order valence-electron chi connectivity index (χ1n) is 10.6. The normalized spacial score (nSPS) is 16.1. The van der Waals surface area contributed by atoms with Crippen molar-refractivity contribution >= 4 is 29.6 Å². The topological polar surface area (TPSA) is 94.2 Å². The number of ether oxygens (including phenoxy) is 3. The standard InChI is InChI=1S/C26H20N2O6/c1-16-2-7-19(8-3-16)28-25(30)21(24(29)27-26(28)31)12-17-4-9-20(10-5-17)32-14-18-6-11-22-23(13-18)34-15-33-22/h2-13H,14-15H2,1H3,(H,27,29,31)/b21-12+. The van der Waals surface area contributed by atoms with Gasteiger partial charge in [0.1, 0.15) is 17.9 Å². The summed E-state index contributed by atoms with van der Waals surface area (Å²) in [4.78, 5) is 38.6. The van der Waals surface area contributed by atoms with Crippen molar-refractivity contribution in [3.05, 3.63) is 89.0 Å². The average Bonchev–Trinajstić information content (AvgIpc) is 3.30. The van der Waals surface area contributed by atoms with Crippen LogP contribution in [0, 0.1) is 6.92 Å². The molecule has 8 nitrogen and oxygen atoms in total. The number of fused-ring (bicyclic) bond motifs is 1. The van der Waals surface area contributed by atoms with Gasteiger partial charge in [-0.1, -0.05) is 35.9 Å². The molecule has 1 saturated heterocycles. The van der Waals surface area contributed by atoms with Crippen molar-refractivity contribution in [2.75, 3.05) is 11.7 Å². The predicted octanol–water partition coefficient (Wildman–Crippen LogP) is 3.97. The number of anilines is 1. The molecule has 0 saturated carbocycles. The van der Waals surface area contributed by atoms with Gasteiger partial charge >= 0.3 is 6.03 Å². The van der Waals surface area contributed by atoms with E-state index >= 15 is 0 Å². The maximum Gasteiger partial charge on any atom is 0.335 e. The summed E-state index contributed by atoms with van der Waals surface area (Å²) in [7, 11) is 0. The summed E-state index contributed by atoms with van der Waals surface area (Å²) >= 11 is 0. The SMILES string of the molecule is Cc1ccc(N2C(=O)NC(=O)/C(=C\c3ccc(OCc4ccc5c(c4)OCO5)cc3)C2=O)cc1. The Morgan fingerprint density at radius 3 is 2.44 bits per heavy atom. The fourth-order valence-electron chi connectivity index (χ4n) is 3.61. The molecule has 170 valence electrons. The highest BCUT2D eigenvalue weighted by Gasteiger charge is 2.36. The molecule has 3 aromatic carbocycles. The maximum absolute atomic E-state index is 13.0. The lowest BCUT2D eigenvalue weighted by atomic mass is 10.1. The summed E-state index contributed by atoms with van der Waals surface area (Å²) in [5, 5.41) is 2.23. The molecule has 0 aliphatic carbocycles. The number of hydrogen-bond donors (Lipinski definition) is 1. The van der Waals surface area contributed by atoms with Crippen molar-refractivity contribution in [1.29, 1.82) is 0 Å². The van der Waals surface area contributed by atoms with Crippen LogP contribution in [0.15, 0.2) is 72.3 Å². The molecule has 1 N–H and O–H groups in total. The fraction of sp³-hybridized carbons (Fsp3) is 0.115. The lowest BCUT2D eigenvalue weighted by molar-refractivity contribution is -0.122. The minimum atomic E-state index is -0.775. The maximum atomic E-state index is 13.0. The van der Waals surface area contributed by atoms with Crippen molar-refractivity contribution in [2.24, 2.45) is 0 Å². The molecule has 2 aliphatic heterocycles. The zero-order valence-corrected chi connectivity index (χ0v) is 18.2. The number of carbonyl (C=O) groups excluding carboxylic acids is 3. The van der Waals surface area contributed by atoms with Crippen LogP contribution >= 0.6 is 0 Å². The van der Waals surface area contributed by atoms with Crippen molar-refractivity contribution in [1.82, 2.24) is 5.32 Å². The van der Waals surface area contributed by atoms with E-state index in [4.69, 9.17) is 14.2 Å². The number of barbiturate groups is 1. The van der Waals surface area contributed by atoms with Crippen LogP contribution in [-0.4, -0.2) is 24.6 Å². The van der Waals surface area contributed by atoms with Crippen LogP contribution in [0.1, 0.15) is 16.7 Å². The van der Waals surface area contributed by atoms with Gasteiger partial charge in [0.25, 0.3) is 11.8 Å². The van der Waals surface area contributed by atoms with E-state index in [0.29, 0.717) is 35.1 Å². The Kier molecular flexibility index (Phi) is 5.47. The number of nitrogens with one attached hydrogen (secondary N) is 1. The number of aryl methyl sites for hydroxylation is 1. The third kappa shape index (κ3) is 4.21. The first-order chi connectivity index (χ1) is 16.5. The van der Waals surface area contributed by atoms with E-state index in [1.807, 2.05) is 25.1 Å². The Balaban J connectivity index is 1.30. The predicted molar refractivity (Wildman–Crippen MR) is 124 cm³/mol. The van der Waals surface area contributed by atoms with Crippen LogP contribution in [0.5, 0.6) is 17.2 Å². The smallest absolute Gasteiger partial charge is 0.335 e. The quantitative estimate of drug-likeness (QED) is 0.461. The van der Waals surface area contributed by atoms with Crippen molar-refractivity contribution < 1.29 is 28.6 Å². The number of nitrogens with zero attached hydrogens (tertiary/aromatic N) is 1. The molecule has 4 amide bonds. The monoisotopic (exact) mass is 456 g/mol. The lowest BCUT2D eigenvalue weighted by Gasteiger charge is -2.26. The Labute approximate surface area is 195 Å². The van der Waals surface area contributed by atoms with Crippen LogP contribution in [0.2, 0.25) is 0 Å². The Hall–Kier alpha value is -4.59. The molecule has 3 aromatic rings. The number of benzene rings is 3. The van der Waals surface area contributed by atoms with Gasteiger partial charge in [0.15, 0.2) is 11.5 Å². The zero-order chi connectivity index (χ0) is 23.7. The van der Waals surface area contributed by atoms with Crippen molar-refractivity contribution in [3.8, 4) is 17.2 Å². The van der Waals surface area contributed by atoms with E-state index in [9.17, 15) is 14.4 Å². The van der Waals surface area contributed by atoms with Crippen molar-refractivity contribution in [2.45, 2.75) is 13.5 Å². The summed E-state index contributed by atoms with van der Waals surface area (Å²) in [5.74, 6) is 0.611.